The Morgan fingerprint density at radius 3 is 2.47 bits per heavy atom. The lowest BCUT2D eigenvalue weighted by Crippen LogP contribution is -2.00. The van der Waals surface area contributed by atoms with Crippen molar-refractivity contribution in [3.8, 4) is 28.3 Å². The highest BCUT2D eigenvalue weighted by molar-refractivity contribution is 7.99. The first-order valence-corrected chi connectivity index (χ1v) is 11.2. The van der Waals surface area contributed by atoms with Crippen LogP contribution in [0.4, 0.5) is 0 Å². The van der Waals surface area contributed by atoms with Crippen molar-refractivity contribution in [2.24, 2.45) is 7.05 Å². The summed E-state index contributed by atoms with van der Waals surface area (Å²) in [5.74, 6) is 1.89. The van der Waals surface area contributed by atoms with Gasteiger partial charge in [0.1, 0.15) is 10.8 Å². The second-order valence-electron chi connectivity index (χ2n) is 7.38. The van der Waals surface area contributed by atoms with E-state index in [1.165, 1.54) is 12.8 Å². The summed E-state index contributed by atoms with van der Waals surface area (Å²) >= 11 is 1.79. The van der Waals surface area contributed by atoms with Crippen LogP contribution in [-0.2, 0) is 7.05 Å². The molecule has 0 fully saturated rings. The number of unbranched alkanes of at least 4 members (excludes halogenated alkanes) is 1. The fourth-order valence-electron chi connectivity index (χ4n) is 3.58. The van der Waals surface area contributed by atoms with Gasteiger partial charge in [0.2, 0.25) is 0 Å². The second kappa shape index (κ2) is 8.52. The Hall–Kier alpha value is -2.80. The van der Waals surface area contributed by atoms with Crippen LogP contribution >= 0.6 is 11.8 Å². The van der Waals surface area contributed by atoms with Crippen molar-refractivity contribution in [2.45, 2.75) is 38.6 Å². The molecule has 4 aromatic rings. The number of thioether (sulfide) groups is 1. The highest BCUT2D eigenvalue weighted by Gasteiger charge is 2.19. The topological polar surface area (TPSA) is 57.2 Å². The minimum atomic E-state index is 0.831. The summed E-state index contributed by atoms with van der Waals surface area (Å²) in [6.45, 7) is 6.34. The van der Waals surface area contributed by atoms with Gasteiger partial charge in [-0.25, -0.2) is 9.50 Å². The van der Waals surface area contributed by atoms with E-state index in [1.54, 1.807) is 18.9 Å². The van der Waals surface area contributed by atoms with Gasteiger partial charge in [-0.1, -0.05) is 13.3 Å². The van der Waals surface area contributed by atoms with Crippen molar-refractivity contribution < 1.29 is 4.74 Å². The lowest BCUT2D eigenvalue weighted by Gasteiger charge is -2.10. The van der Waals surface area contributed by atoms with Crippen molar-refractivity contribution in [2.75, 3.05) is 12.9 Å². The average molecular weight is 422 g/mol. The number of rotatable bonds is 7. The zero-order chi connectivity index (χ0) is 21.3. The molecule has 0 saturated carbocycles. The molecular formula is C23H27N5OS. The normalized spacial score (nSPS) is 11.4. The van der Waals surface area contributed by atoms with Crippen LogP contribution in [0.5, 0.6) is 5.75 Å². The van der Waals surface area contributed by atoms with E-state index in [0.717, 1.165) is 56.1 Å². The molecule has 30 heavy (non-hydrogen) atoms. The third-order valence-corrected chi connectivity index (χ3v) is 6.29. The fourth-order valence-corrected chi connectivity index (χ4v) is 4.55. The van der Waals surface area contributed by atoms with Crippen LogP contribution in [0.15, 0.2) is 41.4 Å². The largest absolute Gasteiger partial charge is 0.497 e. The highest BCUT2D eigenvalue weighted by Crippen LogP contribution is 2.32. The van der Waals surface area contributed by atoms with Gasteiger partial charge in [-0.15, -0.1) is 11.8 Å². The molecule has 0 amide bonds. The summed E-state index contributed by atoms with van der Waals surface area (Å²) in [4.78, 5) is 4.92. The summed E-state index contributed by atoms with van der Waals surface area (Å²) in [6.07, 6.45) is 2.36. The number of methoxy groups -OCH3 is 1. The van der Waals surface area contributed by atoms with E-state index < -0.39 is 0 Å². The molecule has 0 bridgehead atoms. The second-order valence-corrected chi connectivity index (χ2v) is 8.49. The minimum absolute atomic E-state index is 0.831. The maximum atomic E-state index is 5.30. The maximum absolute atomic E-state index is 5.30. The first-order chi connectivity index (χ1) is 14.5. The number of aryl methyl sites for hydroxylation is 2. The summed E-state index contributed by atoms with van der Waals surface area (Å²) in [7, 11) is 3.65. The van der Waals surface area contributed by atoms with Gasteiger partial charge in [-0.05, 0) is 56.4 Å². The Balaban J connectivity index is 1.89. The molecule has 4 rings (SSSR count). The van der Waals surface area contributed by atoms with E-state index >= 15 is 0 Å². The highest BCUT2D eigenvalue weighted by atomic mass is 32.2. The molecule has 0 unspecified atom stereocenters. The quantitative estimate of drug-likeness (QED) is 0.299. The van der Waals surface area contributed by atoms with Crippen LogP contribution in [0, 0.1) is 13.8 Å². The van der Waals surface area contributed by atoms with Gasteiger partial charge in [0.05, 0.1) is 24.2 Å². The molecule has 6 nitrogen and oxygen atoms in total. The lowest BCUT2D eigenvalue weighted by molar-refractivity contribution is 0.415. The molecule has 1 aromatic carbocycles. The smallest absolute Gasteiger partial charge is 0.157 e. The number of benzene rings is 1. The number of nitrogens with zero attached hydrogens (tertiary/aromatic N) is 5. The number of fused-ring (bicyclic) bond motifs is 1. The third-order valence-electron chi connectivity index (χ3n) is 5.30. The number of aromatic nitrogens is 5. The Kier molecular flexibility index (Phi) is 5.81. The minimum Gasteiger partial charge on any atom is -0.497 e. The molecule has 0 aliphatic rings. The molecule has 0 aliphatic carbocycles. The van der Waals surface area contributed by atoms with Crippen molar-refractivity contribution in [3.05, 3.63) is 47.8 Å². The van der Waals surface area contributed by atoms with Gasteiger partial charge in [0.15, 0.2) is 5.65 Å². The molecule has 0 atom stereocenters. The van der Waals surface area contributed by atoms with Crippen LogP contribution in [0.3, 0.4) is 0 Å². The summed E-state index contributed by atoms with van der Waals surface area (Å²) in [5, 5.41) is 10.5. The Morgan fingerprint density at radius 2 is 1.83 bits per heavy atom. The van der Waals surface area contributed by atoms with E-state index in [-0.39, 0.29) is 0 Å². The Labute approximate surface area is 181 Å². The van der Waals surface area contributed by atoms with Gasteiger partial charge in [-0.2, -0.15) is 10.2 Å². The van der Waals surface area contributed by atoms with Gasteiger partial charge >= 0.3 is 0 Å². The summed E-state index contributed by atoms with van der Waals surface area (Å²) < 4.78 is 9.18. The van der Waals surface area contributed by atoms with E-state index in [1.807, 2.05) is 47.4 Å². The van der Waals surface area contributed by atoms with E-state index in [0.29, 0.717) is 0 Å². The fraction of sp³-hybridized carbons (Fsp3) is 0.348. The number of hydrogen-bond donors (Lipinski definition) is 0. The van der Waals surface area contributed by atoms with E-state index in [2.05, 4.69) is 31.1 Å². The van der Waals surface area contributed by atoms with E-state index in [9.17, 15) is 0 Å². The molecule has 0 aliphatic heterocycles. The van der Waals surface area contributed by atoms with Gasteiger partial charge in [-0.3, -0.25) is 4.68 Å². The van der Waals surface area contributed by atoms with Gasteiger partial charge in [0.25, 0.3) is 0 Å². The van der Waals surface area contributed by atoms with Crippen LogP contribution in [0.25, 0.3) is 28.2 Å². The molecule has 156 valence electrons. The molecule has 0 radical (unpaired) electrons. The molecule has 3 heterocycles. The molecular weight excluding hydrogens is 394 g/mol. The van der Waals surface area contributed by atoms with Crippen LogP contribution in [0.1, 0.15) is 31.2 Å². The number of hydrogen-bond acceptors (Lipinski definition) is 5. The standard InChI is InChI=1S/C23H27N5OS/c1-6-7-12-30-22-14-21-24-19(17-8-10-18(29-5)11-9-17)13-20(28(21)26-22)23-15(2)25-27(4)16(23)3/h8-11,13-14H,6-7,12H2,1-5H3. The van der Waals surface area contributed by atoms with Crippen LogP contribution in [-0.4, -0.2) is 37.2 Å². The van der Waals surface area contributed by atoms with Crippen molar-refractivity contribution in [1.29, 1.82) is 0 Å². The van der Waals surface area contributed by atoms with Crippen LogP contribution < -0.4 is 4.74 Å². The van der Waals surface area contributed by atoms with Crippen molar-refractivity contribution >= 4 is 17.4 Å². The Morgan fingerprint density at radius 1 is 1.07 bits per heavy atom. The van der Waals surface area contributed by atoms with Crippen molar-refractivity contribution in [3.63, 3.8) is 0 Å². The average Bonchev–Trinajstić information content (AvgIpc) is 3.27. The van der Waals surface area contributed by atoms with Gasteiger partial charge < -0.3 is 4.74 Å². The predicted molar refractivity (Wildman–Crippen MR) is 122 cm³/mol. The summed E-state index contributed by atoms with van der Waals surface area (Å²) in [6, 6.07) is 12.2. The monoisotopic (exact) mass is 421 g/mol. The molecule has 0 N–H and O–H groups in total. The molecule has 7 heteroatoms. The zero-order valence-electron chi connectivity index (χ0n) is 18.1. The summed E-state index contributed by atoms with van der Waals surface area (Å²) in [5.41, 5.74) is 7.01. The Bertz CT molecular complexity index is 1180. The SMILES string of the molecule is CCCCSc1cc2nc(-c3ccc(OC)cc3)cc(-c3c(C)nn(C)c3C)n2n1. The number of ether oxygens (including phenoxy) is 1. The third kappa shape index (κ3) is 3.81. The lowest BCUT2D eigenvalue weighted by atomic mass is 10.1. The van der Waals surface area contributed by atoms with Crippen molar-refractivity contribution in [1.82, 2.24) is 24.4 Å². The first kappa shape index (κ1) is 20.5. The molecule has 0 saturated heterocycles. The molecule has 3 aromatic heterocycles. The van der Waals surface area contributed by atoms with Crippen LogP contribution in [0.2, 0.25) is 0 Å². The molecule has 0 spiro atoms. The predicted octanol–water partition coefficient (Wildman–Crippen LogP) is 5.31. The van der Waals surface area contributed by atoms with E-state index in [4.69, 9.17) is 14.8 Å². The maximum Gasteiger partial charge on any atom is 0.157 e. The zero-order valence-corrected chi connectivity index (χ0v) is 19.0. The van der Waals surface area contributed by atoms with Gasteiger partial charge in [0, 0.05) is 29.9 Å². The first-order valence-electron chi connectivity index (χ1n) is 10.2.